The number of hydrogen-bond acceptors (Lipinski definition) is 4. The van der Waals surface area contributed by atoms with Crippen LogP contribution >= 0.6 is 11.6 Å². The van der Waals surface area contributed by atoms with Gasteiger partial charge in [-0.25, -0.2) is 4.98 Å². The number of aromatic nitrogens is 1. The second-order valence-corrected chi connectivity index (χ2v) is 4.76. The molecular formula is C14H12ClN3O3. The fourth-order valence-electron chi connectivity index (χ4n) is 1.87. The van der Waals surface area contributed by atoms with Crippen LogP contribution in [0.1, 0.15) is 11.3 Å². The summed E-state index contributed by atoms with van der Waals surface area (Å²) in [6, 6.07) is 9.36. The molecule has 1 heterocycles. The summed E-state index contributed by atoms with van der Waals surface area (Å²) in [5.41, 5.74) is 1.40. The fourth-order valence-corrected chi connectivity index (χ4v) is 2.06. The van der Waals surface area contributed by atoms with E-state index in [1.807, 2.05) is 0 Å². The second kappa shape index (κ2) is 6.32. The Morgan fingerprint density at radius 1 is 1.33 bits per heavy atom. The molecule has 1 aromatic carbocycles. The van der Waals surface area contributed by atoms with E-state index in [4.69, 9.17) is 11.6 Å². The summed E-state index contributed by atoms with van der Waals surface area (Å²) in [4.78, 5) is 26.4. The Kier molecular flexibility index (Phi) is 4.49. The van der Waals surface area contributed by atoms with Crippen molar-refractivity contribution in [3.05, 3.63) is 62.9 Å². The first-order valence-corrected chi connectivity index (χ1v) is 6.50. The molecule has 21 heavy (non-hydrogen) atoms. The molecule has 0 bridgehead atoms. The molecule has 0 saturated carbocycles. The number of aryl methyl sites for hydroxylation is 1. The largest absolute Gasteiger partial charge is 0.324 e. The maximum Gasteiger partial charge on any atom is 0.273 e. The van der Waals surface area contributed by atoms with E-state index >= 15 is 0 Å². The third kappa shape index (κ3) is 3.76. The minimum atomic E-state index is -0.502. The number of rotatable bonds is 4. The first-order valence-electron chi connectivity index (χ1n) is 6.12. The molecule has 0 unspecified atom stereocenters. The number of halogens is 1. The minimum Gasteiger partial charge on any atom is -0.324 e. The van der Waals surface area contributed by atoms with Gasteiger partial charge < -0.3 is 5.32 Å². The molecule has 0 aliphatic rings. The fraction of sp³-hybridized carbons (Fsp3) is 0.143. The Bertz CT molecular complexity index is 704. The van der Waals surface area contributed by atoms with Gasteiger partial charge in [0.25, 0.3) is 5.69 Å². The van der Waals surface area contributed by atoms with Gasteiger partial charge in [0.15, 0.2) is 0 Å². The monoisotopic (exact) mass is 305 g/mol. The van der Waals surface area contributed by atoms with Gasteiger partial charge in [-0.2, -0.15) is 0 Å². The van der Waals surface area contributed by atoms with Crippen LogP contribution in [-0.2, 0) is 11.2 Å². The molecule has 0 aliphatic carbocycles. The summed E-state index contributed by atoms with van der Waals surface area (Å²) in [7, 11) is 0. The van der Waals surface area contributed by atoms with Gasteiger partial charge >= 0.3 is 0 Å². The maximum absolute atomic E-state index is 12.0. The lowest BCUT2D eigenvalue weighted by atomic mass is 10.1. The van der Waals surface area contributed by atoms with E-state index in [9.17, 15) is 14.9 Å². The van der Waals surface area contributed by atoms with Gasteiger partial charge in [-0.3, -0.25) is 14.9 Å². The number of hydrogen-bond donors (Lipinski definition) is 1. The summed E-state index contributed by atoms with van der Waals surface area (Å²) in [5, 5.41) is 13.9. The number of pyridine rings is 1. The molecule has 1 amide bonds. The van der Waals surface area contributed by atoms with Crippen molar-refractivity contribution in [3.8, 4) is 0 Å². The van der Waals surface area contributed by atoms with E-state index in [2.05, 4.69) is 10.3 Å². The topological polar surface area (TPSA) is 85.1 Å². The lowest BCUT2D eigenvalue weighted by Gasteiger charge is -2.08. The van der Waals surface area contributed by atoms with Crippen LogP contribution in [0.3, 0.4) is 0 Å². The predicted octanol–water partition coefficient (Wildman–Crippen LogP) is 3.13. The Hall–Kier alpha value is -2.47. The van der Waals surface area contributed by atoms with Gasteiger partial charge in [-0.1, -0.05) is 29.8 Å². The molecule has 2 rings (SSSR count). The minimum absolute atomic E-state index is 0.0707. The molecule has 1 aromatic heterocycles. The predicted molar refractivity (Wildman–Crippen MR) is 79.4 cm³/mol. The number of nitro groups is 1. The van der Waals surface area contributed by atoms with Gasteiger partial charge in [0.2, 0.25) is 5.91 Å². The quantitative estimate of drug-likeness (QED) is 0.534. The van der Waals surface area contributed by atoms with Crippen molar-refractivity contribution >= 4 is 28.9 Å². The number of amides is 1. The normalized spacial score (nSPS) is 10.2. The number of carbonyl (C=O) groups excluding carboxylic acids is 1. The van der Waals surface area contributed by atoms with Crippen LogP contribution in [0.25, 0.3) is 0 Å². The van der Waals surface area contributed by atoms with E-state index in [0.717, 1.165) is 0 Å². The van der Waals surface area contributed by atoms with Crippen molar-refractivity contribution in [2.75, 3.05) is 5.32 Å². The number of anilines is 1. The molecule has 2 aromatic rings. The van der Waals surface area contributed by atoms with Crippen LogP contribution in [0.5, 0.6) is 0 Å². The van der Waals surface area contributed by atoms with Crippen LogP contribution in [0.15, 0.2) is 36.4 Å². The number of para-hydroxylation sites is 1. The Labute approximate surface area is 125 Å². The lowest BCUT2D eigenvalue weighted by molar-refractivity contribution is -0.385. The zero-order chi connectivity index (χ0) is 15.4. The van der Waals surface area contributed by atoms with Crippen LogP contribution < -0.4 is 5.32 Å². The highest BCUT2D eigenvalue weighted by Gasteiger charge is 2.16. The average molecular weight is 306 g/mol. The zero-order valence-electron chi connectivity index (χ0n) is 11.2. The number of nitrogens with zero attached hydrogens (tertiary/aromatic N) is 2. The molecule has 7 heteroatoms. The first-order chi connectivity index (χ1) is 9.97. The van der Waals surface area contributed by atoms with Crippen molar-refractivity contribution in [2.24, 2.45) is 0 Å². The third-order valence-corrected chi connectivity index (χ3v) is 3.08. The molecule has 108 valence electrons. The molecule has 1 N–H and O–H groups in total. The van der Waals surface area contributed by atoms with E-state index in [0.29, 0.717) is 22.1 Å². The highest BCUT2D eigenvalue weighted by atomic mass is 35.5. The number of nitro benzene ring substituents is 1. The summed E-state index contributed by atoms with van der Waals surface area (Å²) in [6.45, 7) is 1.71. The Morgan fingerprint density at radius 3 is 2.71 bits per heavy atom. The number of carbonyl (C=O) groups is 1. The van der Waals surface area contributed by atoms with Gasteiger partial charge in [-0.15, -0.1) is 0 Å². The van der Waals surface area contributed by atoms with Crippen molar-refractivity contribution in [3.63, 3.8) is 0 Å². The summed E-state index contributed by atoms with van der Waals surface area (Å²) in [5.74, 6) is -0.350. The molecule has 0 aliphatic heterocycles. The van der Waals surface area contributed by atoms with Crippen molar-refractivity contribution in [1.29, 1.82) is 0 Å². The van der Waals surface area contributed by atoms with Crippen LogP contribution in [0.4, 0.5) is 11.4 Å². The first kappa shape index (κ1) is 14.9. The summed E-state index contributed by atoms with van der Waals surface area (Å²) in [6.07, 6.45) is -0.0841. The van der Waals surface area contributed by atoms with E-state index in [1.165, 1.54) is 6.07 Å². The molecule has 0 radical (unpaired) electrons. The molecule has 0 spiro atoms. The molecule has 0 saturated heterocycles. The van der Waals surface area contributed by atoms with Gasteiger partial charge in [0.1, 0.15) is 5.15 Å². The Balaban J connectivity index is 2.14. The zero-order valence-corrected chi connectivity index (χ0v) is 11.9. The van der Waals surface area contributed by atoms with Crippen molar-refractivity contribution in [1.82, 2.24) is 4.98 Å². The SMILES string of the molecule is Cc1nc(Cl)ccc1NC(=O)Cc1ccccc1[N+](=O)[O-]. The highest BCUT2D eigenvalue weighted by molar-refractivity contribution is 6.29. The standard InChI is InChI=1S/C14H12ClN3O3/c1-9-11(6-7-13(15)16-9)17-14(19)8-10-4-2-3-5-12(10)18(20)21/h2-7H,8H2,1H3,(H,17,19). The van der Waals surface area contributed by atoms with Crippen molar-refractivity contribution < 1.29 is 9.72 Å². The molecular weight excluding hydrogens is 294 g/mol. The van der Waals surface area contributed by atoms with Crippen molar-refractivity contribution in [2.45, 2.75) is 13.3 Å². The number of nitrogens with one attached hydrogen (secondary N) is 1. The lowest BCUT2D eigenvalue weighted by Crippen LogP contribution is -2.16. The van der Waals surface area contributed by atoms with E-state index in [-0.39, 0.29) is 18.0 Å². The van der Waals surface area contributed by atoms with E-state index in [1.54, 1.807) is 37.3 Å². The molecule has 6 nitrogen and oxygen atoms in total. The van der Waals surface area contributed by atoms with Crippen LogP contribution in [-0.4, -0.2) is 15.8 Å². The number of benzene rings is 1. The molecule has 0 fully saturated rings. The third-order valence-electron chi connectivity index (χ3n) is 2.87. The van der Waals surface area contributed by atoms with E-state index < -0.39 is 4.92 Å². The van der Waals surface area contributed by atoms with Crippen LogP contribution in [0.2, 0.25) is 5.15 Å². The van der Waals surface area contributed by atoms with Gasteiger partial charge in [-0.05, 0) is 19.1 Å². The summed E-state index contributed by atoms with van der Waals surface area (Å²) < 4.78 is 0. The van der Waals surface area contributed by atoms with Gasteiger partial charge in [0.05, 0.1) is 22.7 Å². The smallest absolute Gasteiger partial charge is 0.273 e. The average Bonchev–Trinajstić information content (AvgIpc) is 2.42. The maximum atomic E-state index is 12.0. The van der Waals surface area contributed by atoms with Gasteiger partial charge in [0, 0.05) is 11.6 Å². The Morgan fingerprint density at radius 2 is 2.05 bits per heavy atom. The summed E-state index contributed by atoms with van der Waals surface area (Å²) >= 11 is 5.74. The molecule has 0 atom stereocenters. The highest BCUT2D eigenvalue weighted by Crippen LogP contribution is 2.20. The van der Waals surface area contributed by atoms with Crippen LogP contribution in [0, 0.1) is 17.0 Å². The second-order valence-electron chi connectivity index (χ2n) is 4.38.